The number of aryl methyl sites for hydroxylation is 1. The highest BCUT2D eigenvalue weighted by atomic mass is 35.5. The zero-order valence-corrected chi connectivity index (χ0v) is 19.7. The molecule has 1 aromatic heterocycles. The molecule has 1 heterocycles. The van der Waals surface area contributed by atoms with Crippen LogP contribution in [0.4, 0.5) is 5.13 Å². The zero-order chi connectivity index (χ0) is 22.1. The molecule has 0 radical (unpaired) electrons. The third kappa shape index (κ3) is 4.67. The molecule has 3 aromatic rings. The average Bonchev–Trinajstić information content (AvgIpc) is 3.17. The van der Waals surface area contributed by atoms with Crippen molar-refractivity contribution in [2.75, 3.05) is 37.8 Å². The monoisotopic (exact) mass is 465 g/mol. The zero-order valence-electron chi connectivity index (χ0n) is 17.3. The van der Waals surface area contributed by atoms with Crippen LogP contribution in [0.25, 0.3) is 10.2 Å². The summed E-state index contributed by atoms with van der Waals surface area (Å²) in [6.45, 7) is 4.57. The molecular formula is C21H24ClN3O3S2. The first kappa shape index (κ1) is 22.7. The number of carbonyl (C=O) groups excluding carboxylic acids is 1. The van der Waals surface area contributed by atoms with E-state index in [0.29, 0.717) is 28.8 Å². The topological polar surface area (TPSA) is 70.6 Å². The van der Waals surface area contributed by atoms with Crippen LogP contribution in [0.1, 0.15) is 22.8 Å². The molecule has 0 bridgehead atoms. The summed E-state index contributed by atoms with van der Waals surface area (Å²) < 4.78 is 25.4. The Bertz CT molecular complexity index is 1150. The molecule has 9 heteroatoms. The van der Waals surface area contributed by atoms with Gasteiger partial charge in [-0.2, -0.15) is 0 Å². The summed E-state index contributed by atoms with van der Waals surface area (Å²) >= 11 is 7.71. The summed E-state index contributed by atoms with van der Waals surface area (Å²) in [5.41, 5.74) is 2.06. The highest BCUT2D eigenvalue weighted by molar-refractivity contribution is 7.91. The molecule has 0 atom stereocenters. The number of carbonyl (C=O) groups is 1. The van der Waals surface area contributed by atoms with Gasteiger partial charge < -0.3 is 4.90 Å². The Morgan fingerprint density at radius 2 is 1.90 bits per heavy atom. The lowest BCUT2D eigenvalue weighted by atomic mass is 10.2. The van der Waals surface area contributed by atoms with Crippen molar-refractivity contribution in [1.29, 1.82) is 0 Å². The molecule has 0 aliphatic rings. The Kier molecular flexibility index (Phi) is 6.81. The standard InChI is InChI=1S/C21H24ClN3O3S2/c1-5-30(27,28)16-8-6-7-15(13-16)20(26)25(12-11-24(3)4)21-23-18-14(2)9-10-17(22)19(18)29-21/h6-10,13H,5,11-12H2,1-4H3. The summed E-state index contributed by atoms with van der Waals surface area (Å²) in [4.78, 5) is 21.8. The van der Waals surface area contributed by atoms with Gasteiger partial charge in [-0.05, 0) is 50.8 Å². The fourth-order valence-electron chi connectivity index (χ4n) is 2.94. The first-order valence-corrected chi connectivity index (χ1v) is 12.3. The first-order valence-electron chi connectivity index (χ1n) is 9.49. The van der Waals surface area contributed by atoms with Gasteiger partial charge in [0.25, 0.3) is 5.91 Å². The number of sulfone groups is 1. The molecule has 160 valence electrons. The van der Waals surface area contributed by atoms with Crippen molar-refractivity contribution in [2.24, 2.45) is 0 Å². The molecule has 0 aliphatic carbocycles. The van der Waals surface area contributed by atoms with Gasteiger partial charge in [0.2, 0.25) is 0 Å². The number of likely N-dealkylation sites (N-methyl/N-ethyl adjacent to an activating group) is 1. The molecule has 30 heavy (non-hydrogen) atoms. The molecule has 3 rings (SSSR count). The van der Waals surface area contributed by atoms with Crippen LogP contribution in [0.15, 0.2) is 41.3 Å². The molecule has 0 aliphatic heterocycles. The van der Waals surface area contributed by atoms with E-state index in [9.17, 15) is 13.2 Å². The van der Waals surface area contributed by atoms with Crippen molar-refractivity contribution in [3.8, 4) is 0 Å². The number of benzene rings is 2. The second-order valence-electron chi connectivity index (χ2n) is 7.23. The third-order valence-corrected chi connectivity index (χ3v) is 8.02. The van der Waals surface area contributed by atoms with Crippen molar-refractivity contribution in [2.45, 2.75) is 18.7 Å². The number of thiazole rings is 1. The summed E-state index contributed by atoms with van der Waals surface area (Å²) in [7, 11) is 0.443. The van der Waals surface area contributed by atoms with Gasteiger partial charge in [-0.1, -0.05) is 42.0 Å². The Morgan fingerprint density at radius 3 is 2.53 bits per heavy atom. The van der Waals surface area contributed by atoms with Crippen molar-refractivity contribution in [3.05, 3.63) is 52.5 Å². The highest BCUT2D eigenvalue weighted by Gasteiger charge is 2.24. The van der Waals surface area contributed by atoms with Gasteiger partial charge in [0.1, 0.15) is 0 Å². The summed E-state index contributed by atoms with van der Waals surface area (Å²) in [5.74, 6) is -0.317. The second kappa shape index (κ2) is 9.01. The Hall–Kier alpha value is -2.00. The Balaban J connectivity index is 2.07. The third-order valence-electron chi connectivity index (χ3n) is 4.75. The molecule has 0 saturated heterocycles. The maximum Gasteiger partial charge on any atom is 0.260 e. The molecule has 0 fully saturated rings. The van der Waals surface area contributed by atoms with E-state index < -0.39 is 9.84 Å². The van der Waals surface area contributed by atoms with Gasteiger partial charge >= 0.3 is 0 Å². The van der Waals surface area contributed by atoms with E-state index in [1.807, 2.05) is 38.1 Å². The number of halogens is 1. The van der Waals surface area contributed by atoms with Gasteiger partial charge in [0, 0.05) is 18.7 Å². The number of fused-ring (bicyclic) bond motifs is 1. The maximum absolute atomic E-state index is 13.4. The molecule has 6 nitrogen and oxygen atoms in total. The van der Waals surface area contributed by atoms with E-state index in [0.717, 1.165) is 15.8 Å². The predicted octanol–water partition coefficient (Wildman–Crippen LogP) is 4.26. The number of rotatable bonds is 7. The number of anilines is 1. The molecule has 0 saturated carbocycles. The van der Waals surface area contributed by atoms with Crippen molar-refractivity contribution in [1.82, 2.24) is 9.88 Å². The minimum atomic E-state index is -3.41. The van der Waals surface area contributed by atoms with E-state index in [1.165, 1.54) is 23.5 Å². The van der Waals surface area contributed by atoms with Gasteiger partial charge in [-0.15, -0.1) is 0 Å². The SMILES string of the molecule is CCS(=O)(=O)c1cccc(C(=O)N(CCN(C)C)c2nc3c(C)ccc(Cl)c3s2)c1. The second-order valence-corrected chi connectivity index (χ2v) is 10.9. The van der Waals surface area contributed by atoms with Crippen LogP contribution in [0.2, 0.25) is 5.02 Å². The predicted molar refractivity (Wildman–Crippen MR) is 124 cm³/mol. The fraction of sp³-hybridized carbons (Fsp3) is 0.333. The minimum absolute atomic E-state index is 0.0232. The van der Waals surface area contributed by atoms with Crippen LogP contribution in [-0.4, -0.2) is 57.1 Å². The van der Waals surface area contributed by atoms with Crippen LogP contribution in [0, 0.1) is 6.92 Å². The minimum Gasteiger partial charge on any atom is -0.308 e. The number of hydrogen-bond acceptors (Lipinski definition) is 6. The van der Waals surface area contributed by atoms with E-state index in [4.69, 9.17) is 11.6 Å². The molecule has 0 unspecified atom stereocenters. The van der Waals surface area contributed by atoms with E-state index >= 15 is 0 Å². The smallest absolute Gasteiger partial charge is 0.260 e. The lowest BCUT2D eigenvalue weighted by Gasteiger charge is -2.22. The number of aromatic nitrogens is 1. The van der Waals surface area contributed by atoms with Crippen LogP contribution in [0.5, 0.6) is 0 Å². The molecule has 1 amide bonds. The van der Waals surface area contributed by atoms with Gasteiger partial charge in [0.05, 0.1) is 25.9 Å². The van der Waals surface area contributed by atoms with Crippen LogP contribution < -0.4 is 4.90 Å². The summed E-state index contributed by atoms with van der Waals surface area (Å²) in [6, 6.07) is 9.91. The van der Waals surface area contributed by atoms with E-state index in [-0.39, 0.29) is 16.6 Å². The lowest BCUT2D eigenvalue weighted by molar-refractivity contribution is 0.0985. The quantitative estimate of drug-likeness (QED) is 0.521. The van der Waals surface area contributed by atoms with Crippen molar-refractivity contribution in [3.63, 3.8) is 0 Å². The van der Waals surface area contributed by atoms with Crippen LogP contribution >= 0.6 is 22.9 Å². The Morgan fingerprint density at radius 1 is 1.17 bits per heavy atom. The van der Waals surface area contributed by atoms with Gasteiger partial charge in [-0.25, -0.2) is 13.4 Å². The number of amides is 1. The maximum atomic E-state index is 13.4. The average molecular weight is 466 g/mol. The molecule has 2 aromatic carbocycles. The molecule has 0 N–H and O–H groups in total. The van der Waals surface area contributed by atoms with E-state index in [1.54, 1.807) is 24.0 Å². The van der Waals surface area contributed by atoms with Crippen LogP contribution in [0.3, 0.4) is 0 Å². The number of hydrogen-bond donors (Lipinski definition) is 0. The van der Waals surface area contributed by atoms with Gasteiger partial charge in [-0.3, -0.25) is 9.69 Å². The van der Waals surface area contributed by atoms with Crippen molar-refractivity contribution >= 4 is 54.0 Å². The molecular weight excluding hydrogens is 442 g/mol. The van der Waals surface area contributed by atoms with E-state index in [2.05, 4.69) is 4.98 Å². The van der Waals surface area contributed by atoms with Crippen LogP contribution in [-0.2, 0) is 9.84 Å². The lowest BCUT2D eigenvalue weighted by Crippen LogP contribution is -2.36. The highest BCUT2D eigenvalue weighted by Crippen LogP contribution is 2.36. The normalized spacial score (nSPS) is 11.9. The molecule has 0 spiro atoms. The van der Waals surface area contributed by atoms with Gasteiger partial charge in [0.15, 0.2) is 15.0 Å². The summed E-state index contributed by atoms with van der Waals surface area (Å²) in [5, 5.41) is 1.13. The summed E-state index contributed by atoms with van der Waals surface area (Å²) in [6.07, 6.45) is 0. The Labute approximate surface area is 186 Å². The fourth-order valence-corrected chi connectivity index (χ4v) is 5.20. The van der Waals surface area contributed by atoms with Crippen molar-refractivity contribution < 1.29 is 13.2 Å². The first-order chi connectivity index (χ1) is 14.1. The number of nitrogens with zero attached hydrogens (tertiary/aromatic N) is 3. The largest absolute Gasteiger partial charge is 0.308 e.